The molecule has 1 aromatic rings. The van der Waals surface area contributed by atoms with Crippen LogP contribution in [0.25, 0.3) is 0 Å². The molecule has 0 radical (unpaired) electrons. The molecule has 1 saturated heterocycles. The summed E-state index contributed by atoms with van der Waals surface area (Å²) in [5.74, 6) is 0. The standard InChI is InChI=1S/C13H16F3N3O.ClH/c14-13(15,16)10-2-4-11(5-3-10)18-12(20)19-8-1-6-17-7-9-19;/h2-5,17H,1,6-9H2,(H,18,20);1H. The highest BCUT2D eigenvalue weighted by Gasteiger charge is 2.30. The van der Waals surface area contributed by atoms with E-state index in [9.17, 15) is 18.0 Å². The van der Waals surface area contributed by atoms with Crippen LogP contribution in [0, 0.1) is 0 Å². The van der Waals surface area contributed by atoms with Gasteiger partial charge in [0.25, 0.3) is 0 Å². The van der Waals surface area contributed by atoms with E-state index in [-0.39, 0.29) is 18.4 Å². The molecule has 0 atom stereocenters. The largest absolute Gasteiger partial charge is 0.416 e. The molecule has 0 bridgehead atoms. The predicted octanol–water partition coefficient (Wildman–Crippen LogP) is 2.95. The lowest BCUT2D eigenvalue weighted by Gasteiger charge is -2.20. The average molecular weight is 324 g/mol. The molecule has 1 fully saturated rings. The molecule has 2 N–H and O–H groups in total. The molecule has 2 amide bonds. The summed E-state index contributed by atoms with van der Waals surface area (Å²) in [5, 5.41) is 5.78. The second-order valence-electron chi connectivity index (χ2n) is 4.60. The second kappa shape index (κ2) is 7.51. The van der Waals surface area contributed by atoms with Crippen molar-refractivity contribution in [2.75, 3.05) is 31.5 Å². The van der Waals surface area contributed by atoms with Crippen LogP contribution in [0.2, 0.25) is 0 Å². The third-order valence-corrected chi connectivity index (χ3v) is 3.09. The summed E-state index contributed by atoms with van der Waals surface area (Å²) in [7, 11) is 0. The summed E-state index contributed by atoms with van der Waals surface area (Å²) in [5.41, 5.74) is -0.366. The van der Waals surface area contributed by atoms with E-state index in [0.717, 1.165) is 31.6 Å². The SMILES string of the molecule is Cl.O=C(Nc1ccc(C(F)(F)F)cc1)N1CCCNCC1. The summed E-state index contributed by atoms with van der Waals surface area (Å²) >= 11 is 0. The minimum Gasteiger partial charge on any atom is -0.323 e. The van der Waals surface area contributed by atoms with Gasteiger partial charge in [-0.05, 0) is 37.2 Å². The van der Waals surface area contributed by atoms with Crippen molar-refractivity contribution >= 4 is 24.1 Å². The van der Waals surface area contributed by atoms with E-state index in [4.69, 9.17) is 0 Å². The zero-order valence-electron chi connectivity index (χ0n) is 11.2. The van der Waals surface area contributed by atoms with Gasteiger partial charge in [-0.15, -0.1) is 12.4 Å². The zero-order chi connectivity index (χ0) is 14.6. The molecule has 4 nitrogen and oxygen atoms in total. The van der Waals surface area contributed by atoms with Crippen molar-refractivity contribution in [2.24, 2.45) is 0 Å². The number of amides is 2. The zero-order valence-corrected chi connectivity index (χ0v) is 12.1. The van der Waals surface area contributed by atoms with Crippen molar-refractivity contribution in [1.82, 2.24) is 10.2 Å². The van der Waals surface area contributed by atoms with Crippen molar-refractivity contribution in [2.45, 2.75) is 12.6 Å². The molecule has 1 heterocycles. The van der Waals surface area contributed by atoms with Crippen LogP contribution in [-0.2, 0) is 6.18 Å². The Morgan fingerprint density at radius 2 is 1.81 bits per heavy atom. The first-order valence-electron chi connectivity index (χ1n) is 6.41. The van der Waals surface area contributed by atoms with Crippen LogP contribution in [0.15, 0.2) is 24.3 Å². The third kappa shape index (κ3) is 5.09. The Bertz CT molecular complexity index is 457. The first kappa shape index (κ1) is 17.6. The quantitative estimate of drug-likeness (QED) is 0.834. The molecule has 0 unspecified atom stereocenters. The monoisotopic (exact) mass is 323 g/mol. The van der Waals surface area contributed by atoms with Crippen LogP contribution in [0.4, 0.5) is 23.7 Å². The maximum Gasteiger partial charge on any atom is 0.416 e. The molecular weight excluding hydrogens is 307 g/mol. The highest BCUT2D eigenvalue weighted by Crippen LogP contribution is 2.29. The number of rotatable bonds is 1. The Labute approximate surface area is 127 Å². The Morgan fingerprint density at radius 3 is 2.43 bits per heavy atom. The summed E-state index contributed by atoms with van der Waals surface area (Å²) in [4.78, 5) is 13.6. The Kier molecular flexibility index (Phi) is 6.29. The van der Waals surface area contributed by atoms with Gasteiger partial charge in [0, 0.05) is 25.3 Å². The van der Waals surface area contributed by atoms with Crippen LogP contribution >= 0.6 is 12.4 Å². The Hall–Kier alpha value is -1.47. The summed E-state index contributed by atoms with van der Waals surface area (Å²) in [6.07, 6.45) is -3.50. The van der Waals surface area contributed by atoms with E-state index < -0.39 is 11.7 Å². The third-order valence-electron chi connectivity index (χ3n) is 3.09. The number of hydrogen-bond donors (Lipinski definition) is 2. The molecule has 0 saturated carbocycles. The predicted molar refractivity (Wildman–Crippen MR) is 76.8 cm³/mol. The van der Waals surface area contributed by atoms with Gasteiger partial charge in [0.2, 0.25) is 0 Å². The second-order valence-corrected chi connectivity index (χ2v) is 4.60. The minimum absolute atomic E-state index is 0. The smallest absolute Gasteiger partial charge is 0.323 e. The van der Waals surface area contributed by atoms with Gasteiger partial charge >= 0.3 is 12.2 Å². The van der Waals surface area contributed by atoms with Gasteiger partial charge in [0.15, 0.2) is 0 Å². The van der Waals surface area contributed by atoms with E-state index in [1.165, 1.54) is 12.1 Å². The number of benzene rings is 1. The van der Waals surface area contributed by atoms with Gasteiger partial charge in [-0.25, -0.2) is 4.79 Å². The van der Waals surface area contributed by atoms with Crippen LogP contribution in [0.1, 0.15) is 12.0 Å². The van der Waals surface area contributed by atoms with Crippen molar-refractivity contribution < 1.29 is 18.0 Å². The van der Waals surface area contributed by atoms with Crippen molar-refractivity contribution in [1.29, 1.82) is 0 Å². The normalized spacial score (nSPS) is 15.9. The number of carbonyl (C=O) groups is 1. The van der Waals surface area contributed by atoms with Crippen molar-refractivity contribution in [3.05, 3.63) is 29.8 Å². The van der Waals surface area contributed by atoms with E-state index in [2.05, 4.69) is 10.6 Å². The van der Waals surface area contributed by atoms with Gasteiger partial charge < -0.3 is 15.5 Å². The van der Waals surface area contributed by atoms with Crippen molar-refractivity contribution in [3.8, 4) is 0 Å². The lowest BCUT2D eigenvalue weighted by molar-refractivity contribution is -0.137. The Morgan fingerprint density at radius 1 is 1.14 bits per heavy atom. The van der Waals surface area contributed by atoms with Gasteiger partial charge in [-0.1, -0.05) is 0 Å². The molecule has 21 heavy (non-hydrogen) atoms. The summed E-state index contributed by atoms with van der Waals surface area (Å²) in [6.45, 7) is 2.82. The first-order chi connectivity index (χ1) is 9.47. The fraction of sp³-hybridized carbons (Fsp3) is 0.462. The molecule has 0 aromatic heterocycles. The molecule has 118 valence electrons. The number of hydrogen-bond acceptors (Lipinski definition) is 2. The van der Waals surface area contributed by atoms with Crippen LogP contribution in [0.3, 0.4) is 0 Å². The number of anilines is 1. The average Bonchev–Trinajstić information content (AvgIpc) is 2.67. The molecule has 1 aliphatic heterocycles. The van der Waals surface area contributed by atoms with Gasteiger partial charge in [0.05, 0.1) is 5.56 Å². The van der Waals surface area contributed by atoms with E-state index in [0.29, 0.717) is 18.8 Å². The molecule has 8 heteroatoms. The molecule has 0 aliphatic carbocycles. The topological polar surface area (TPSA) is 44.4 Å². The molecule has 2 rings (SSSR count). The lowest BCUT2D eigenvalue weighted by atomic mass is 10.2. The highest BCUT2D eigenvalue weighted by atomic mass is 35.5. The number of urea groups is 1. The molecule has 1 aliphatic rings. The van der Waals surface area contributed by atoms with Gasteiger partial charge in [-0.2, -0.15) is 13.2 Å². The van der Waals surface area contributed by atoms with Gasteiger partial charge in [0.1, 0.15) is 0 Å². The Balaban J connectivity index is 0.00000220. The fourth-order valence-corrected chi connectivity index (χ4v) is 1.99. The first-order valence-corrected chi connectivity index (χ1v) is 6.41. The maximum atomic E-state index is 12.4. The summed E-state index contributed by atoms with van der Waals surface area (Å²) < 4.78 is 37.2. The molecular formula is C13H17ClF3N3O. The maximum absolute atomic E-state index is 12.4. The molecule has 1 aromatic carbocycles. The van der Waals surface area contributed by atoms with E-state index in [1.54, 1.807) is 4.90 Å². The number of nitrogens with one attached hydrogen (secondary N) is 2. The van der Waals surface area contributed by atoms with Crippen molar-refractivity contribution in [3.63, 3.8) is 0 Å². The number of nitrogens with zero attached hydrogens (tertiary/aromatic N) is 1. The van der Waals surface area contributed by atoms with Crippen LogP contribution in [0.5, 0.6) is 0 Å². The van der Waals surface area contributed by atoms with Gasteiger partial charge in [-0.3, -0.25) is 0 Å². The fourth-order valence-electron chi connectivity index (χ4n) is 1.99. The van der Waals surface area contributed by atoms with Crippen LogP contribution < -0.4 is 10.6 Å². The minimum atomic E-state index is -4.36. The van der Waals surface area contributed by atoms with E-state index >= 15 is 0 Å². The number of alkyl halides is 3. The summed E-state index contributed by atoms with van der Waals surface area (Å²) in [6, 6.07) is 4.15. The number of halogens is 4. The highest BCUT2D eigenvalue weighted by molar-refractivity contribution is 5.89. The molecule has 0 spiro atoms. The lowest BCUT2D eigenvalue weighted by Crippen LogP contribution is -2.37. The van der Waals surface area contributed by atoms with Crippen LogP contribution in [-0.4, -0.2) is 37.1 Å². The van der Waals surface area contributed by atoms with E-state index in [1.807, 2.05) is 0 Å². The number of carbonyl (C=O) groups excluding carboxylic acids is 1.